The smallest absolute Gasteiger partial charge is 0.271 e. The van der Waals surface area contributed by atoms with Crippen molar-refractivity contribution in [1.29, 1.82) is 5.41 Å². The highest BCUT2D eigenvalue weighted by Crippen LogP contribution is 2.49. The Morgan fingerprint density at radius 3 is 2.44 bits per heavy atom. The molecule has 0 radical (unpaired) electrons. The molecule has 0 spiro atoms. The van der Waals surface area contributed by atoms with Crippen molar-refractivity contribution in [1.82, 2.24) is 19.9 Å². The van der Waals surface area contributed by atoms with E-state index in [2.05, 4.69) is 26.0 Å². The predicted octanol–water partition coefficient (Wildman–Crippen LogP) is 5.87. The summed E-state index contributed by atoms with van der Waals surface area (Å²) in [5.74, 6) is 1.08. The Kier molecular flexibility index (Phi) is 8.97. The Hall–Kier alpha value is -4.81. The van der Waals surface area contributed by atoms with Crippen LogP contribution in [0.4, 0.5) is 15.9 Å². The summed E-state index contributed by atoms with van der Waals surface area (Å²) in [6.07, 6.45) is 10.5. The third kappa shape index (κ3) is 6.37. The van der Waals surface area contributed by atoms with Crippen LogP contribution in [0, 0.1) is 17.1 Å². The Bertz CT molecular complexity index is 1880. The van der Waals surface area contributed by atoms with Crippen molar-refractivity contribution in [3.8, 4) is 16.9 Å². The minimum Gasteiger partial charge on any atom is -0.476 e. The first-order valence-corrected chi connectivity index (χ1v) is 16.1. The monoisotopic (exact) mass is 670 g/mol. The molecule has 248 valence electrons. The quantitative estimate of drug-likeness (QED) is 0.138. The highest BCUT2D eigenvalue weighted by atomic mass is 35.5. The lowest BCUT2D eigenvalue weighted by molar-refractivity contribution is -0.132. The number of hydrogen-bond acceptors (Lipinski definition) is 10. The Labute approximate surface area is 282 Å². The summed E-state index contributed by atoms with van der Waals surface area (Å²) in [5.41, 5.74) is 6.66. The Balaban J connectivity index is 0.00000197. The number of aldehydes is 1. The summed E-state index contributed by atoms with van der Waals surface area (Å²) in [5, 5.41) is 12.4. The fourth-order valence-electron chi connectivity index (χ4n) is 5.99. The molecule has 4 heterocycles. The van der Waals surface area contributed by atoms with Crippen LogP contribution >= 0.6 is 11.6 Å². The molecule has 11 nitrogen and oxygen atoms in total. The first-order chi connectivity index (χ1) is 23.1. The number of ether oxygens (including phenoxy) is 1. The number of fused-ring (bicyclic) bond motifs is 1. The van der Waals surface area contributed by atoms with E-state index in [9.17, 15) is 14.0 Å². The molecule has 2 fully saturated rings. The zero-order valence-electron chi connectivity index (χ0n) is 26.9. The number of nitrogens with one attached hydrogen (secondary N) is 2. The Morgan fingerprint density at radius 2 is 1.83 bits per heavy atom. The number of nitrogens with two attached hydrogens (primary N) is 1. The largest absolute Gasteiger partial charge is 0.476 e. The zero-order chi connectivity index (χ0) is 34.2. The summed E-state index contributed by atoms with van der Waals surface area (Å²) in [4.78, 5) is 45.7. The fraction of sp³-hybridized carbons (Fsp3) is 0.343. The van der Waals surface area contributed by atoms with Crippen molar-refractivity contribution in [2.24, 2.45) is 11.7 Å². The molecule has 1 aliphatic heterocycles. The zero-order valence-corrected chi connectivity index (χ0v) is 27.6. The number of aromatic nitrogens is 4. The van der Waals surface area contributed by atoms with Crippen LogP contribution in [0.2, 0.25) is 5.02 Å². The van der Waals surface area contributed by atoms with Crippen LogP contribution in [0.3, 0.4) is 0 Å². The van der Waals surface area contributed by atoms with Crippen LogP contribution in [-0.2, 0) is 23.3 Å². The van der Waals surface area contributed by atoms with Crippen LogP contribution < -0.4 is 20.7 Å². The number of anilines is 2. The molecule has 0 unspecified atom stereocenters. The maximum absolute atomic E-state index is 13.7. The number of amides is 1. The van der Waals surface area contributed by atoms with E-state index in [-0.39, 0.29) is 12.5 Å². The van der Waals surface area contributed by atoms with E-state index in [0.29, 0.717) is 74.1 Å². The molecule has 3 aliphatic rings. The van der Waals surface area contributed by atoms with Crippen LogP contribution in [0.1, 0.15) is 72.7 Å². The Morgan fingerprint density at radius 1 is 1.10 bits per heavy atom. The molecule has 7 rings (SSSR count). The van der Waals surface area contributed by atoms with Gasteiger partial charge in [-0.3, -0.25) is 19.5 Å². The number of halogens is 2. The number of benzene rings is 1. The SMILES string of the molecule is CC1(C)Oc2cc(-c3c(C=O)c(CC4CC4)nc(NC4(c5ccc(F)cn5)CC4)c3C=N)ccc2N(Cc2ncc(Cl)cn2)C1=O.CN. The number of carbonyl (C=O) groups excluding carboxylic acids is 2. The van der Waals surface area contributed by atoms with Crippen molar-refractivity contribution >= 4 is 41.5 Å². The summed E-state index contributed by atoms with van der Waals surface area (Å²) in [7, 11) is 1.50. The van der Waals surface area contributed by atoms with Crippen LogP contribution in [0.15, 0.2) is 48.9 Å². The summed E-state index contributed by atoms with van der Waals surface area (Å²) < 4.78 is 19.9. The lowest BCUT2D eigenvalue weighted by atomic mass is 9.91. The maximum atomic E-state index is 13.7. The molecule has 2 saturated carbocycles. The van der Waals surface area contributed by atoms with E-state index in [1.807, 2.05) is 6.07 Å². The molecule has 0 saturated heterocycles. The molecule has 3 aromatic heterocycles. The first kappa shape index (κ1) is 33.1. The molecule has 0 atom stereocenters. The van der Waals surface area contributed by atoms with Gasteiger partial charge in [0, 0.05) is 35.3 Å². The van der Waals surface area contributed by atoms with E-state index in [1.54, 1.807) is 36.9 Å². The highest BCUT2D eigenvalue weighted by molar-refractivity contribution is 6.30. The number of nitrogens with zero attached hydrogens (tertiary/aromatic N) is 5. The normalized spacial score (nSPS) is 17.0. The summed E-state index contributed by atoms with van der Waals surface area (Å²) in [6.45, 7) is 3.50. The average molecular weight is 671 g/mol. The third-order valence-electron chi connectivity index (χ3n) is 8.76. The molecule has 0 bridgehead atoms. The molecule has 2 aliphatic carbocycles. The van der Waals surface area contributed by atoms with Gasteiger partial charge in [-0.2, -0.15) is 0 Å². The van der Waals surface area contributed by atoms with E-state index < -0.39 is 17.0 Å². The topological polar surface area (TPSA) is 160 Å². The fourth-order valence-corrected chi connectivity index (χ4v) is 6.09. The lowest BCUT2D eigenvalue weighted by Gasteiger charge is -2.38. The van der Waals surface area contributed by atoms with Crippen molar-refractivity contribution in [3.63, 3.8) is 0 Å². The van der Waals surface area contributed by atoms with Crippen molar-refractivity contribution < 1.29 is 18.7 Å². The molecule has 1 aromatic carbocycles. The number of hydrogen-bond donors (Lipinski definition) is 3. The highest BCUT2D eigenvalue weighted by Gasteiger charge is 2.47. The van der Waals surface area contributed by atoms with Gasteiger partial charge in [0.15, 0.2) is 11.9 Å². The molecule has 4 N–H and O–H groups in total. The van der Waals surface area contributed by atoms with Gasteiger partial charge in [0.25, 0.3) is 5.91 Å². The van der Waals surface area contributed by atoms with Gasteiger partial charge in [0.05, 0.1) is 40.4 Å². The average Bonchev–Trinajstić information content (AvgIpc) is 4.03. The number of pyridine rings is 2. The van der Waals surface area contributed by atoms with Gasteiger partial charge >= 0.3 is 0 Å². The van der Waals surface area contributed by atoms with Crippen molar-refractivity contribution in [2.75, 3.05) is 17.3 Å². The first-order valence-electron chi connectivity index (χ1n) is 15.7. The van der Waals surface area contributed by atoms with Gasteiger partial charge in [-0.25, -0.2) is 19.3 Å². The number of rotatable bonds is 10. The predicted molar refractivity (Wildman–Crippen MR) is 181 cm³/mol. The van der Waals surface area contributed by atoms with Gasteiger partial charge in [0.1, 0.15) is 23.2 Å². The van der Waals surface area contributed by atoms with E-state index in [4.69, 9.17) is 26.7 Å². The van der Waals surface area contributed by atoms with E-state index >= 15 is 0 Å². The van der Waals surface area contributed by atoms with Crippen molar-refractivity contribution in [2.45, 2.75) is 63.6 Å². The van der Waals surface area contributed by atoms with E-state index in [0.717, 1.165) is 32.0 Å². The minimum atomic E-state index is -1.20. The third-order valence-corrected chi connectivity index (χ3v) is 8.95. The second-order valence-electron chi connectivity index (χ2n) is 12.6. The number of carbonyl (C=O) groups is 2. The second kappa shape index (κ2) is 13.0. The molecule has 1 amide bonds. The minimum absolute atomic E-state index is 0.106. The standard InChI is InChI=1S/C34H31ClFN7O3.CH5N/c1-33(2)32(45)43(17-29-39-14-21(35)15-40-29)26-7-5-20(12-27(26)46-33)30-23(13-37)31(41-25(24(30)18-44)11-19-3-4-19)42-34(9-10-34)28-8-6-22(36)16-38-28;1-2/h5-8,12-16,18-19,37H,3-4,9-11,17H2,1-2H3,(H,41,42);2H2,1H3. The lowest BCUT2D eigenvalue weighted by Crippen LogP contribution is -2.52. The van der Waals surface area contributed by atoms with Gasteiger partial charge < -0.3 is 21.2 Å². The van der Waals surface area contributed by atoms with Gasteiger partial charge in [-0.1, -0.05) is 17.7 Å². The van der Waals surface area contributed by atoms with Crippen LogP contribution in [0.5, 0.6) is 5.75 Å². The van der Waals surface area contributed by atoms with Crippen LogP contribution in [0.25, 0.3) is 11.1 Å². The molecular weight excluding hydrogens is 635 g/mol. The summed E-state index contributed by atoms with van der Waals surface area (Å²) in [6, 6.07) is 8.44. The van der Waals surface area contributed by atoms with E-state index in [1.165, 1.54) is 37.9 Å². The second-order valence-corrected chi connectivity index (χ2v) is 13.0. The molecule has 48 heavy (non-hydrogen) atoms. The summed E-state index contributed by atoms with van der Waals surface area (Å²) >= 11 is 5.97. The molecule has 13 heteroatoms. The van der Waals surface area contributed by atoms with Gasteiger partial charge in [0.2, 0.25) is 0 Å². The van der Waals surface area contributed by atoms with Gasteiger partial charge in [-0.05, 0) is 88.7 Å². The molecular formula is C35H36ClFN8O3. The van der Waals surface area contributed by atoms with Crippen LogP contribution in [-0.4, -0.2) is 51.0 Å². The van der Waals surface area contributed by atoms with Gasteiger partial charge in [-0.15, -0.1) is 0 Å². The molecule has 4 aromatic rings. The van der Waals surface area contributed by atoms with Crippen molar-refractivity contribution in [3.05, 3.63) is 88.1 Å². The maximum Gasteiger partial charge on any atom is 0.271 e.